The van der Waals surface area contributed by atoms with Crippen LogP contribution >= 0.6 is 11.3 Å². The molecule has 0 N–H and O–H groups in total. The van der Waals surface area contributed by atoms with Crippen LogP contribution in [0.5, 0.6) is 0 Å². The summed E-state index contributed by atoms with van der Waals surface area (Å²) in [7, 11) is -3.30. The number of aryl methyl sites for hydroxylation is 1. The molecule has 32 heavy (non-hydrogen) atoms. The average molecular weight is 468 g/mol. The second kappa shape index (κ2) is 8.19. The first-order valence-electron chi connectivity index (χ1n) is 10.1. The lowest BCUT2D eigenvalue weighted by Gasteiger charge is -2.28. The first-order chi connectivity index (χ1) is 15.4. The number of hydrogen-bond acceptors (Lipinski definition) is 9. The van der Waals surface area contributed by atoms with Gasteiger partial charge in [0.2, 0.25) is 0 Å². The number of morpholine rings is 1. The number of benzene rings is 1. The van der Waals surface area contributed by atoms with Crippen molar-refractivity contribution in [3.05, 3.63) is 48.2 Å². The topological polar surface area (TPSA) is 98.2 Å². The molecule has 0 aliphatic carbocycles. The van der Waals surface area contributed by atoms with Crippen molar-refractivity contribution in [3.8, 4) is 22.0 Å². The largest absolute Gasteiger partial charge is 0.378 e. The Hall–Kier alpha value is -2.95. The molecule has 0 bridgehead atoms. The smallest absolute Gasteiger partial charge is 0.182 e. The quantitative estimate of drug-likeness (QED) is 0.451. The van der Waals surface area contributed by atoms with E-state index in [4.69, 9.17) is 14.7 Å². The highest BCUT2D eigenvalue weighted by molar-refractivity contribution is 7.90. The maximum absolute atomic E-state index is 12.1. The molecule has 10 heteroatoms. The van der Waals surface area contributed by atoms with Gasteiger partial charge in [-0.15, -0.1) is 16.4 Å². The SMILES string of the molecule is Cc1c(-c2cccc(S(C)(=O)=O)c2)sc2c(N3CCOCC3)nc(-c3cccnn3)nc12. The molecule has 0 atom stereocenters. The Morgan fingerprint density at radius 2 is 1.91 bits per heavy atom. The highest BCUT2D eigenvalue weighted by atomic mass is 32.2. The van der Waals surface area contributed by atoms with Crippen LogP contribution in [0.15, 0.2) is 47.5 Å². The van der Waals surface area contributed by atoms with Crippen LogP contribution in [0.3, 0.4) is 0 Å². The fourth-order valence-corrected chi connectivity index (χ4v) is 5.67. The minimum atomic E-state index is -3.30. The molecular formula is C22H21N5O3S2. The molecule has 1 aliphatic heterocycles. The lowest BCUT2D eigenvalue weighted by Crippen LogP contribution is -2.36. The maximum atomic E-state index is 12.1. The molecule has 1 aliphatic rings. The summed E-state index contributed by atoms with van der Waals surface area (Å²) in [5.41, 5.74) is 3.28. The number of aromatic nitrogens is 4. The molecule has 8 nitrogen and oxygen atoms in total. The minimum Gasteiger partial charge on any atom is -0.378 e. The van der Waals surface area contributed by atoms with Crippen LogP contribution in [0.4, 0.5) is 5.82 Å². The number of sulfone groups is 1. The zero-order chi connectivity index (χ0) is 22.3. The second-order valence-corrected chi connectivity index (χ2v) is 10.6. The number of nitrogens with zero attached hydrogens (tertiary/aromatic N) is 5. The Kier molecular flexibility index (Phi) is 5.36. The van der Waals surface area contributed by atoms with Gasteiger partial charge in [-0.3, -0.25) is 0 Å². The molecule has 0 unspecified atom stereocenters. The average Bonchev–Trinajstić information content (AvgIpc) is 3.15. The molecule has 4 heterocycles. The van der Waals surface area contributed by atoms with Gasteiger partial charge in [0.25, 0.3) is 0 Å². The highest BCUT2D eigenvalue weighted by Crippen LogP contribution is 2.42. The Morgan fingerprint density at radius 1 is 1.09 bits per heavy atom. The first-order valence-corrected chi connectivity index (χ1v) is 12.8. The van der Waals surface area contributed by atoms with Gasteiger partial charge in [0.05, 0.1) is 28.3 Å². The molecule has 0 spiro atoms. The van der Waals surface area contributed by atoms with Crippen molar-refractivity contribution in [1.82, 2.24) is 20.2 Å². The number of hydrogen-bond donors (Lipinski definition) is 0. The van der Waals surface area contributed by atoms with Crippen LogP contribution in [-0.4, -0.2) is 61.1 Å². The van der Waals surface area contributed by atoms with Crippen LogP contribution in [0.1, 0.15) is 5.56 Å². The Balaban J connectivity index is 1.73. The van der Waals surface area contributed by atoms with Crippen LogP contribution < -0.4 is 4.90 Å². The van der Waals surface area contributed by atoms with Crippen molar-refractivity contribution in [2.75, 3.05) is 37.5 Å². The summed E-state index contributed by atoms with van der Waals surface area (Å²) in [5, 5.41) is 8.17. The third kappa shape index (κ3) is 3.85. The predicted molar refractivity (Wildman–Crippen MR) is 125 cm³/mol. The van der Waals surface area contributed by atoms with Gasteiger partial charge in [-0.1, -0.05) is 12.1 Å². The zero-order valence-corrected chi connectivity index (χ0v) is 19.3. The molecule has 0 amide bonds. The van der Waals surface area contributed by atoms with E-state index in [-0.39, 0.29) is 0 Å². The van der Waals surface area contributed by atoms with E-state index in [1.165, 1.54) is 6.26 Å². The summed E-state index contributed by atoms with van der Waals surface area (Å²) in [6.07, 6.45) is 2.84. The summed E-state index contributed by atoms with van der Waals surface area (Å²) in [6, 6.07) is 10.7. The van der Waals surface area contributed by atoms with E-state index in [2.05, 4.69) is 15.1 Å². The Bertz CT molecular complexity index is 1400. The molecule has 0 radical (unpaired) electrons. The minimum absolute atomic E-state index is 0.298. The van der Waals surface area contributed by atoms with Crippen molar-refractivity contribution in [2.24, 2.45) is 0 Å². The highest BCUT2D eigenvalue weighted by Gasteiger charge is 2.23. The van der Waals surface area contributed by atoms with Crippen LogP contribution in [-0.2, 0) is 14.6 Å². The van der Waals surface area contributed by atoms with E-state index >= 15 is 0 Å². The third-order valence-electron chi connectivity index (χ3n) is 5.38. The van der Waals surface area contributed by atoms with Gasteiger partial charge in [-0.05, 0) is 42.3 Å². The van der Waals surface area contributed by atoms with Crippen LogP contribution in [0.2, 0.25) is 0 Å². The van der Waals surface area contributed by atoms with Crippen molar-refractivity contribution in [1.29, 1.82) is 0 Å². The van der Waals surface area contributed by atoms with E-state index in [0.29, 0.717) is 29.6 Å². The lowest BCUT2D eigenvalue weighted by atomic mass is 10.1. The van der Waals surface area contributed by atoms with Gasteiger partial charge >= 0.3 is 0 Å². The molecule has 1 fully saturated rings. The number of fused-ring (bicyclic) bond motifs is 1. The van der Waals surface area contributed by atoms with Crippen molar-refractivity contribution >= 4 is 37.2 Å². The summed E-state index contributed by atoms with van der Waals surface area (Å²) in [5.74, 6) is 1.36. The third-order valence-corrected chi connectivity index (χ3v) is 7.82. The number of ether oxygens (including phenoxy) is 1. The van der Waals surface area contributed by atoms with Gasteiger partial charge in [-0.2, -0.15) is 5.10 Å². The summed E-state index contributed by atoms with van der Waals surface area (Å²) in [6.45, 7) is 4.76. The lowest BCUT2D eigenvalue weighted by molar-refractivity contribution is 0.122. The monoisotopic (exact) mass is 467 g/mol. The summed E-state index contributed by atoms with van der Waals surface area (Å²) >= 11 is 1.58. The standard InChI is InChI=1S/C22H21N5O3S2/c1-14-18-20(31-19(14)15-5-3-6-16(13-15)32(2,28)29)22(27-9-11-30-12-10-27)25-21(24-18)17-7-4-8-23-26-17/h3-8,13H,9-12H2,1-2H3. The van der Waals surface area contributed by atoms with Crippen molar-refractivity contribution in [3.63, 3.8) is 0 Å². The number of thiophene rings is 1. The van der Waals surface area contributed by atoms with Gasteiger partial charge in [-0.25, -0.2) is 18.4 Å². The van der Waals surface area contributed by atoms with Gasteiger partial charge < -0.3 is 9.64 Å². The van der Waals surface area contributed by atoms with Gasteiger partial charge in [0.15, 0.2) is 21.5 Å². The first kappa shape index (κ1) is 20.9. The Morgan fingerprint density at radius 3 is 2.62 bits per heavy atom. The zero-order valence-electron chi connectivity index (χ0n) is 17.6. The van der Waals surface area contributed by atoms with Crippen LogP contribution in [0.25, 0.3) is 32.2 Å². The predicted octanol–water partition coefficient (Wildman–Crippen LogP) is 3.36. The van der Waals surface area contributed by atoms with E-state index in [0.717, 1.165) is 45.1 Å². The van der Waals surface area contributed by atoms with Crippen molar-refractivity contribution < 1.29 is 13.2 Å². The molecule has 4 aromatic rings. The van der Waals surface area contributed by atoms with E-state index < -0.39 is 9.84 Å². The summed E-state index contributed by atoms with van der Waals surface area (Å²) < 4.78 is 30.7. The molecule has 1 saturated heterocycles. The molecule has 1 aromatic carbocycles. The normalized spacial score (nSPS) is 14.8. The molecule has 164 valence electrons. The summed E-state index contributed by atoms with van der Waals surface area (Å²) in [4.78, 5) is 13.2. The van der Waals surface area contributed by atoms with Crippen LogP contribution in [0, 0.1) is 6.92 Å². The fraction of sp³-hybridized carbons (Fsp3) is 0.273. The molecule has 0 saturated carbocycles. The van der Waals surface area contributed by atoms with E-state index in [9.17, 15) is 8.42 Å². The number of anilines is 1. The number of rotatable bonds is 4. The maximum Gasteiger partial charge on any atom is 0.182 e. The van der Waals surface area contributed by atoms with E-state index in [1.54, 1.807) is 35.7 Å². The van der Waals surface area contributed by atoms with Gasteiger partial charge in [0, 0.05) is 30.4 Å². The van der Waals surface area contributed by atoms with Crippen molar-refractivity contribution in [2.45, 2.75) is 11.8 Å². The Labute approximate surface area is 189 Å². The van der Waals surface area contributed by atoms with E-state index in [1.807, 2.05) is 25.1 Å². The second-order valence-electron chi connectivity index (χ2n) is 7.61. The molecule has 3 aromatic heterocycles. The molecular weight excluding hydrogens is 446 g/mol. The van der Waals surface area contributed by atoms with Gasteiger partial charge in [0.1, 0.15) is 5.69 Å². The fourth-order valence-electron chi connectivity index (χ4n) is 3.74. The molecule has 5 rings (SSSR count).